The third kappa shape index (κ3) is 5.34. The van der Waals surface area contributed by atoms with Gasteiger partial charge in [0, 0.05) is 6.42 Å². The van der Waals surface area contributed by atoms with E-state index in [-0.39, 0.29) is 6.42 Å². The predicted molar refractivity (Wildman–Crippen MR) is 104 cm³/mol. The van der Waals surface area contributed by atoms with Crippen LogP contribution in [0.1, 0.15) is 96.8 Å². The van der Waals surface area contributed by atoms with Crippen LogP contribution in [0.15, 0.2) is 0 Å². The Morgan fingerprint density at radius 2 is 1.25 bits per heavy atom. The molecular formula is C19H37FNO6P. The van der Waals surface area contributed by atoms with E-state index in [1.807, 2.05) is 0 Å². The minimum atomic E-state index is -4.06. The first-order chi connectivity index (χ1) is 13.2. The summed E-state index contributed by atoms with van der Waals surface area (Å²) in [5.74, 6) is -4.92. The summed E-state index contributed by atoms with van der Waals surface area (Å²) in [4.78, 5) is 0. The number of rotatable bonds is 15. The number of aliphatic hydroxyl groups is 2. The van der Waals surface area contributed by atoms with E-state index in [9.17, 15) is 19.2 Å². The van der Waals surface area contributed by atoms with Crippen LogP contribution in [0, 0.1) is 0 Å². The van der Waals surface area contributed by atoms with Gasteiger partial charge in [0.15, 0.2) is 5.54 Å². The largest absolute Gasteiger partial charge is 0.486 e. The third-order valence-electron chi connectivity index (χ3n) is 5.82. The van der Waals surface area contributed by atoms with Crippen molar-refractivity contribution in [2.45, 2.75) is 114 Å². The van der Waals surface area contributed by atoms with Crippen LogP contribution in [0.4, 0.5) is 4.39 Å². The van der Waals surface area contributed by atoms with Gasteiger partial charge in [-0.2, -0.15) is 0 Å². The van der Waals surface area contributed by atoms with Crippen molar-refractivity contribution in [3.63, 3.8) is 0 Å². The summed E-state index contributed by atoms with van der Waals surface area (Å²) >= 11 is 0. The SMILES string of the molecule is CCCCCCCCCCCCCCC[C@@]1(O)OP2(=O)OC(O)(O2)[C@]1(N)CF. The molecule has 3 aliphatic rings. The first kappa shape index (κ1) is 24.2. The Morgan fingerprint density at radius 1 is 0.821 bits per heavy atom. The lowest BCUT2D eigenvalue weighted by atomic mass is 9.84. The number of nitrogens with two attached hydrogens (primary N) is 1. The molecule has 0 spiro atoms. The summed E-state index contributed by atoms with van der Waals surface area (Å²) in [6.45, 7) is 0.879. The monoisotopic (exact) mass is 425 g/mol. The van der Waals surface area contributed by atoms with E-state index in [4.69, 9.17) is 10.3 Å². The molecule has 0 aromatic carbocycles. The molecule has 2 bridgehead atoms. The molecule has 0 aliphatic carbocycles. The quantitative estimate of drug-likeness (QED) is 0.259. The van der Waals surface area contributed by atoms with Crippen LogP contribution >= 0.6 is 7.82 Å². The van der Waals surface area contributed by atoms with Crippen molar-refractivity contribution in [3.8, 4) is 0 Å². The molecule has 7 nitrogen and oxygen atoms in total. The van der Waals surface area contributed by atoms with E-state index in [0.29, 0.717) is 6.42 Å². The molecule has 3 fully saturated rings. The second-order valence-corrected chi connectivity index (χ2v) is 9.63. The highest BCUT2D eigenvalue weighted by Crippen LogP contribution is 2.74. The fraction of sp³-hybridized carbons (Fsp3) is 1.00. The lowest BCUT2D eigenvalue weighted by Gasteiger charge is -2.60. The van der Waals surface area contributed by atoms with Crippen molar-refractivity contribution >= 4 is 7.82 Å². The lowest BCUT2D eigenvalue weighted by molar-refractivity contribution is -0.459. The first-order valence-corrected chi connectivity index (χ1v) is 12.2. The second kappa shape index (κ2) is 10.3. The van der Waals surface area contributed by atoms with E-state index in [0.717, 1.165) is 19.3 Å². The van der Waals surface area contributed by atoms with E-state index >= 15 is 0 Å². The summed E-state index contributed by atoms with van der Waals surface area (Å²) in [6.07, 6.45) is 15.0. The molecule has 166 valence electrons. The normalized spacial score (nSPS) is 37.0. The molecule has 2 atom stereocenters. The van der Waals surface area contributed by atoms with Gasteiger partial charge in [-0.05, 0) is 6.42 Å². The Kier molecular flexibility index (Phi) is 8.89. The zero-order valence-electron chi connectivity index (χ0n) is 17.0. The number of hydrogen-bond donors (Lipinski definition) is 3. The predicted octanol–water partition coefficient (Wildman–Crippen LogP) is 4.65. The van der Waals surface area contributed by atoms with Gasteiger partial charge in [0.05, 0.1) is 0 Å². The fourth-order valence-electron chi connectivity index (χ4n) is 3.86. The number of fused-ring (bicyclic) bond motifs is 2. The maximum Gasteiger partial charge on any atom is 0.486 e. The number of hydrogen-bond acceptors (Lipinski definition) is 7. The first-order valence-electron chi connectivity index (χ1n) is 10.8. The van der Waals surface area contributed by atoms with Crippen LogP contribution in [-0.2, 0) is 18.1 Å². The van der Waals surface area contributed by atoms with Gasteiger partial charge in [0.25, 0.3) is 0 Å². The van der Waals surface area contributed by atoms with Crippen LogP contribution in [0.3, 0.4) is 0 Å². The van der Waals surface area contributed by atoms with Gasteiger partial charge in [0.1, 0.15) is 6.67 Å². The number of halogens is 1. The average Bonchev–Trinajstić information content (AvgIpc) is 2.62. The molecular weight excluding hydrogens is 388 g/mol. The van der Waals surface area contributed by atoms with Crippen LogP contribution in [0.5, 0.6) is 0 Å². The molecule has 3 rings (SSSR count). The molecule has 0 amide bonds. The van der Waals surface area contributed by atoms with Crippen molar-refractivity contribution in [1.29, 1.82) is 0 Å². The standard InChI is InChI=1S/C19H37FNO6P/c1-2-3-4-5-6-7-8-9-10-11-12-13-14-15-18(22)17(21,16-20)19(23)26-28(24,25-18)27-19/h22-23H,2-16,21H2,1H3/t17-,18+,19?,28?/m0/s1. The van der Waals surface area contributed by atoms with Gasteiger partial charge in [-0.15, -0.1) is 0 Å². The molecule has 3 heterocycles. The molecule has 28 heavy (non-hydrogen) atoms. The molecule has 0 aromatic heterocycles. The molecule has 3 saturated heterocycles. The molecule has 0 unspecified atom stereocenters. The minimum absolute atomic E-state index is 0.0514. The zero-order valence-corrected chi connectivity index (χ0v) is 17.9. The van der Waals surface area contributed by atoms with E-state index in [2.05, 4.69) is 16.0 Å². The van der Waals surface area contributed by atoms with Crippen molar-refractivity contribution in [1.82, 2.24) is 0 Å². The van der Waals surface area contributed by atoms with Gasteiger partial charge in [-0.25, -0.2) is 18.0 Å². The lowest BCUT2D eigenvalue weighted by Crippen LogP contribution is -2.82. The molecule has 4 N–H and O–H groups in total. The second-order valence-electron chi connectivity index (χ2n) is 8.18. The number of unbranched alkanes of at least 4 members (excludes halogenated alkanes) is 12. The maximum absolute atomic E-state index is 13.5. The number of phosphoric acid groups is 1. The third-order valence-corrected chi connectivity index (χ3v) is 7.29. The topological polar surface area (TPSA) is 111 Å². The van der Waals surface area contributed by atoms with Crippen molar-refractivity contribution < 1.29 is 32.7 Å². The molecule has 3 aliphatic heterocycles. The van der Waals surface area contributed by atoms with Gasteiger partial charge in [0.2, 0.25) is 5.79 Å². The van der Waals surface area contributed by atoms with Crippen LogP contribution in [0.2, 0.25) is 0 Å². The highest BCUT2D eigenvalue weighted by Gasteiger charge is 2.81. The van der Waals surface area contributed by atoms with E-state index < -0.39 is 31.8 Å². The Hall–Kier alpha value is -0.0800. The summed E-state index contributed by atoms with van der Waals surface area (Å²) in [7, 11) is -4.06. The number of alkyl halides is 1. The van der Waals surface area contributed by atoms with Crippen LogP contribution < -0.4 is 5.73 Å². The molecule has 0 radical (unpaired) electrons. The maximum atomic E-state index is 13.5. The fourth-order valence-corrected chi connectivity index (χ4v) is 5.51. The van der Waals surface area contributed by atoms with E-state index in [1.54, 1.807) is 0 Å². The smallest absolute Gasteiger partial charge is 0.363 e. The van der Waals surface area contributed by atoms with Crippen LogP contribution in [-0.4, -0.2) is 34.2 Å². The highest BCUT2D eigenvalue weighted by molar-refractivity contribution is 7.49. The Balaban J connectivity index is 1.56. The molecule has 0 saturated carbocycles. The summed E-state index contributed by atoms with van der Waals surface area (Å²) in [5, 5.41) is 20.7. The Bertz CT molecular complexity index is 529. The van der Waals surface area contributed by atoms with Crippen molar-refractivity contribution in [2.24, 2.45) is 5.73 Å². The highest BCUT2D eigenvalue weighted by atomic mass is 31.2. The molecule has 0 aromatic rings. The van der Waals surface area contributed by atoms with Gasteiger partial charge >= 0.3 is 13.8 Å². The average molecular weight is 425 g/mol. The zero-order chi connectivity index (χ0) is 20.7. The van der Waals surface area contributed by atoms with E-state index in [1.165, 1.54) is 57.8 Å². The van der Waals surface area contributed by atoms with Gasteiger partial charge in [-0.3, -0.25) is 4.52 Å². The number of phosphoric ester groups is 1. The Morgan fingerprint density at radius 3 is 1.68 bits per heavy atom. The molecule has 9 heteroatoms. The van der Waals surface area contributed by atoms with Crippen molar-refractivity contribution in [3.05, 3.63) is 0 Å². The summed E-state index contributed by atoms with van der Waals surface area (Å²) in [5.41, 5.74) is 3.44. The summed E-state index contributed by atoms with van der Waals surface area (Å²) in [6, 6.07) is 0. The van der Waals surface area contributed by atoms with Crippen molar-refractivity contribution in [2.75, 3.05) is 6.67 Å². The van der Waals surface area contributed by atoms with Gasteiger partial charge < -0.3 is 15.9 Å². The Labute approximate surface area is 167 Å². The minimum Gasteiger partial charge on any atom is -0.363 e. The summed E-state index contributed by atoms with van der Waals surface area (Å²) < 4.78 is 39.6. The van der Waals surface area contributed by atoms with Crippen LogP contribution in [0.25, 0.3) is 0 Å². The van der Waals surface area contributed by atoms with Gasteiger partial charge in [-0.1, -0.05) is 84.0 Å².